The van der Waals surface area contributed by atoms with E-state index < -0.39 is 6.10 Å². The second-order valence-electron chi connectivity index (χ2n) is 6.79. The van der Waals surface area contributed by atoms with Crippen molar-refractivity contribution < 1.29 is 14.6 Å². The zero-order chi connectivity index (χ0) is 18.4. The fourth-order valence-electron chi connectivity index (χ4n) is 3.16. The second kappa shape index (κ2) is 9.28. The van der Waals surface area contributed by atoms with Gasteiger partial charge in [0.25, 0.3) is 0 Å². The quantitative estimate of drug-likeness (QED) is 0.738. The number of rotatable bonds is 8. The van der Waals surface area contributed by atoms with E-state index in [-0.39, 0.29) is 18.1 Å². The number of likely N-dealkylation sites (N-methyl/N-ethyl adjacent to an activating group) is 1. The Bertz CT molecular complexity index is 678. The number of nitrogens with one attached hydrogen (secondary N) is 1. The van der Waals surface area contributed by atoms with Crippen molar-refractivity contribution in [3.05, 3.63) is 58.3 Å². The summed E-state index contributed by atoms with van der Waals surface area (Å²) >= 11 is 1.56. The molecule has 0 unspecified atom stereocenters. The molecule has 1 aliphatic heterocycles. The van der Waals surface area contributed by atoms with Crippen molar-refractivity contribution in [1.82, 2.24) is 10.2 Å². The van der Waals surface area contributed by atoms with Crippen molar-refractivity contribution in [3.63, 3.8) is 0 Å². The standard InChI is InChI=1S/C20H26N2O3S/c1-22(10-9-15-6-3-2-4-7-15)13-18-20(24)17(14-25-18)21-19(23)12-16-8-5-11-26-16/h2-8,11,17-18,20,24H,9-10,12-14H2,1H3,(H,21,23)/t17-,18-,20+/m0/s1. The molecule has 1 amide bonds. The van der Waals surface area contributed by atoms with Gasteiger partial charge in [-0.25, -0.2) is 0 Å². The third-order valence-corrected chi connectivity index (χ3v) is 5.54. The molecule has 1 aliphatic rings. The molecule has 3 rings (SSSR count). The molecule has 1 saturated heterocycles. The number of carbonyl (C=O) groups excluding carboxylic acids is 1. The number of aliphatic hydroxyl groups excluding tert-OH is 1. The minimum absolute atomic E-state index is 0.0711. The first kappa shape index (κ1) is 19.0. The number of carbonyl (C=O) groups is 1. The summed E-state index contributed by atoms with van der Waals surface area (Å²) in [7, 11) is 2.03. The average Bonchev–Trinajstić information content (AvgIpc) is 3.26. The van der Waals surface area contributed by atoms with Gasteiger partial charge in [-0.2, -0.15) is 0 Å². The van der Waals surface area contributed by atoms with Gasteiger partial charge >= 0.3 is 0 Å². The predicted molar refractivity (Wildman–Crippen MR) is 103 cm³/mol. The van der Waals surface area contributed by atoms with Crippen LogP contribution in [-0.2, 0) is 22.4 Å². The minimum atomic E-state index is -0.679. The molecule has 2 heterocycles. The number of benzene rings is 1. The molecule has 0 saturated carbocycles. The molecule has 1 aromatic heterocycles. The maximum Gasteiger partial charge on any atom is 0.225 e. The van der Waals surface area contributed by atoms with E-state index in [4.69, 9.17) is 4.74 Å². The summed E-state index contributed by atoms with van der Waals surface area (Å²) in [6.07, 6.45) is 0.355. The Morgan fingerprint density at radius 1 is 1.31 bits per heavy atom. The van der Waals surface area contributed by atoms with Gasteiger partial charge in [-0.05, 0) is 30.5 Å². The number of nitrogens with zero attached hydrogens (tertiary/aromatic N) is 1. The number of hydrogen-bond donors (Lipinski definition) is 2. The highest BCUT2D eigenvalue weighted by Gasteiger charge is 2.37. The van der Waals surface area contributed by atoms with Gasteiger partial charge in [-0.3, -0.25) is 4.79 Å². The normalized spacial score (nSPS) is 22.7. The van der Waals surface area contributed by atoms with Gasteiger partial charge in [-0.15, -0.1) is 11.3 Å². The Hall–Kier alpha value is -1.73. The van der Waals surface area contributed by atoms with Gasteiger partial charge in [0, 0.05) is 18.0 Å². The molecule has 3 atom stereocenters. The van der Waals surface area contributed by atoms with Crippen LogP contribution in [0, 0.1) is 0 Å². The van der Waals surface area contributed by atoms with Crippen molar-refractivity contribution in [1.29, 1.82) is 0 Å². The van der Waals surface area contributed by atoms with Crippen LogP contribution >= 0.6 is 11.3 Å². The molecular formula is C20H26N2O3S. The number of thiophene rings is 1. The number of ether oxygens (including phenoxy) is 1. The number of amides is 1. The summed E-state index contributed by atoms with van der Waals surface area (Å²) in [6.45, 7) is 1.89. The van der Waals surface area contributed by atoms with E-state index in [2.05, 4.69) is 22.3 Å². The molecular weight excluding hydrogens is 348 g/mol. The van der Waals surface area contributed by atoms with E-state index in [1.54, 1.807) is 11.3 Å². The first-order valence-corrected chi connectivity index (χ1v) is 9.83. The highest BCUT2D eigenvalue weighted by molar-refractivity contribution is 7.10. The Kier molecular flexibility index (Phi) is 6.80. The molecule has 0 radical (unpaired) electrons. The van der Waals surface area contributed by atoms with Crippen LogP contribution in [0.15, 0.2) is 47.8 Å². The van der Waals surface area contributed by atoms with Crippen molar-refractivity contribution >= 4 is 17.2 Å². The number of hydrogen-bond acceptors (Lipinski definition) is 5. The van der Waals surface area contributed by atoms with E-state index in [1.165, 1.54) is 5.56 Å². The summed E-state index contributed by atoms with van der Waals surface area (Å²) in [5, 5.41) is 15.4. The third-order valence-electron chi connectivity index (χ3n) is 4.66. The molecule has 140 valence electrons. The molecule has 0 bridgehead atoms. The molecule has 1 fully saturated rings. The second-order valence-corrected chi connectivity index (χ2v) is 7.82. The van der Waals surface area contributed by atoms with Gasteiger partial charge in [0.15, 0.2) is 0 Å². The van der Waals surface area contributed by atoms with E-state index in [9.17, 15) is 9.90 Å². The number of aliphatic hydroxyl groups is 1. The van der Waals surface area contributed by atoms with Gasteiger partial charge in [0.1, 0.15) is 6.10 Å². The van der Waals surface area contributed by atoms with Crippen LogP contribution in [0.1, 0.15) is 10.4 Å². The highest BCUT2D eigenvalue weighted by Crippen LogP contribution is 2.16. The summed E-state index contributed by atoms with van der Waals surface area (Å²) in [6, 6.07) is 13.9. The fourth-order valence-corrected chi connectivity index (χ4v) is 3.87. The van der Waals surface area contributed by atoms with Crippen LogP contribution in [-0.4, -0.2) is 60.9 Å². The molecule has 2 N–H and O–H groups in total. The molecule has 0 spiro atoms. The Labute approximate surface area is 158 Å². The average molecular weight is 375 g/mol. The maximum absolute atomic E-state index is 12.1. The SMILES string of the molecule is CN(CCc1ccccc1)C[C@@H]1OC[C@H](NC(=O)Cc2cccs2)[C@H]1O. The van der Waals surface area contributed by atoms with Crippen molar-refractivity contribution in [2.75, 3.05) is 26.7 Å². The van der Waals surface area contributed by atoms with Gasteiger partial charge in [0.05, 0.1) is 25.2 Å². The van der Waals surface area contributed by atoms with Crippen molar-refractivity contribution in [2.24, 2.45) is 0 Å². The minimum Gasteiger partial charge on any atom is -0.388 e. The van der Waals surface area contributed by atoms with E-state index in [0.29, 0.717) is 19.6 Å². The van der Waals surface area contributed by atoms with Crippen LogP contribution in [0.25, 0.3) is 0 Å². The van der Waals surface area contributed by atoms with Gasteiger partial charge in [0.2, 0.25) is 5.91 Å². The predicted octanol–water partition coefficient (Wildman–Crippen LogP) is 1.71. The lowest BCUT2D eigenvalue weighted by atomic mass is 10.1. The summed E-state index contributed by atoms with van der Waals surface area (Å²) in [5.74, 6) is -0.0711. The van der Waals surface area contributed by atoms with Crippen LogP contribution in [0.3, 0.4) is 0 Å². The third kappa shape index (κ3) is 5.38. The van der Waals surface area contributed by atoms with E-state index in [1.807, 2.05) is 42.8 Å². The Morgan fingerprint density at radius 3 is 2.85 bits per heavy atom. The Balaban J connectivity index is 1.41. The molecule has 6 heteroatoms. The van der Waals surface area contributed by atoms with Crippen LogP contribution in [0.2, 0.25) is 0 Å². The Morgan fingerprint density at radius 2 is 2.12 bits per heavy atom. The summed E-state index contributed by atoms with van der Waals surface area (Å²) in [5.41, 5.74) is 1.30. The molecule has 1 aromatic carbocycles. The topological polar surface area (TPSA) is 61.8 Å². The van der Waals surface area contributed by atoms with Crippen molar-refractivity contribution in [2.45, 2.75) is 31.1 Å². The van der Waals surface area contributed by atoms with Gasteiger partial charge in [-0.1, -0.05) is 36.4 Å². The summed E-state index contributed by atoms with van der Waals surface area (Å²) in [4.78, 5) is 15.3. The highest BCUT2D eigenvalue weighted by atomic mass is 32.1. The molecule has 2 aromatic rings. The lowest BCUT2D eigenvalue weighted by Gasteiger charge is -2.23. The zero-order valence-electron chi connectivity index (χ0n) is 15.0. The lowest BCUT2D eigenvalue weighted by molar-refractivity contribution is -0.121. The monoisotopic (exact) mass is 374 g/mol. The van der Waals surface area contributed by atoms with E-state index >= 15 is 0 Å². The maximum atomic E-state index is 12.1. The first-order valence-electron chi connectivity index (χ1n) is 8.95. The lowest BCUT2D eigenvalue weighted by Crippen LogP contribution is -2.47. The van der Waals surface area contributed by atoms with Gasteiger partial charge < -0.3 is 20.1 Å². The first-order chi connectivity index (χ1) is 12.6. The zero-order valence-corrected chi connectivity index (χ0v) is 15.8. The molecule has 5 nitrogen and oxygen atoms in total. The summed E-state index contributed by atoms with van der Waals surface area (Å²) < 4.78 is 5.73. The van der Waals surface area contributed by atoms with Crippen molar-refractivity contribution in [3.8, 4) is 0 Å². The van der Waals surface area contributed by atoms with E-state index in [0.717, 1.165) is 17.8 Å². The van der Waals surface area contributed by atoms with Crippen LogP contribution in [0.5, 0.6) is 0 Å². The smallest absolute Gasteiger partial charge is 0.225 e. The largest absolute Gasteiger partial charge is 0.388 e. The fraction of sp³-hybridized carbons (Fsp3) is 0.450. The molecule has 0 aliphatic carbocycles. The van der Waals surface area contributed by atoms with Crippen LogP contribution in [0.4, 0.5) is 0 Å². The van der Waals surface area contributed by atoms with Crippen LogP contribution < -0.4 is 5.32 Å². The molecule has 26 heavy (non-hydrogen) atoms.